The van der Waals surface area contributed by atoms with E-state index >= 15 is 0 Å². The van der Waals surface area contributed by atoms with Crippen LogP contribution in [0.1, 0.15) is 48.6 Å². The van der Waals surface area contributed by atoms with Gasteiger partial charge >= 0.3 is 6.03 Å². The Kier molecular flexibility index (Phi) is 10.7. The molecular weight excluding hydrogens is 595 g/mol. The highest BCUT2D eigenvalue weighted by molar-refractivity contribution is 7.16. The Morgan fingerprint density at radius 2 is 1.80 bits per heavy atom. The molecule has 5 rings (SSSR count). The third-order valence-electron chi connectivity index (χ3n) is 7.53. The summed E-state index contributed by atoms with van der Waals surface area (Å²) in [5.74, 6) is 0.413. The van der Waals surface area contributed by atoms with Crippen molar-refractivity contribution in [2.45, 2.75) is 45.2 Å². The molecular formula is C35H35N9OS. The molecule has 0 aliphatic heterocycles. The largest absolute Gasteiger partial charge is 0.354 e. The fraction of sp³-hybridized carbons (Fsp3) is 0.257. The zero-order valence-electron chi connectivity index (χ0n) is 25.8. The predicted octanol–water partition coefficient (Wildman–Crippen LogP) is 7.13. The Balaban J connectivity index is 1.30. The molecule has 2 aromatic carbocycles. The number of thiophene rings is 1. The van der Waals surface area contributed by atoms with Crippen LogP contribution >= 0.6 is 11.3 Å². The third-order valence-corrected chi connectivity index (χ3v) is 8.53. The second-order valence-electron chi connectivity index (χ2n) is 10.8. The Morgan fingerprint density at radius 3 is 2.48 bits per heavy atom. The van der Waals surface area contributed by atoms with Gasteiger partial charge in [0.05, 0.1) is 22.8 Å². The van der Waals surface area contributed by atoms with Gasteiger partial charge in [0.15, 0.2) is 0 Å². The van der Waals surface area contributed by atoms with Crippen molar-refractivity contribution in [1.29, 1.82) is 10.5 Å². The van der Waals surface area contributed by atoms with Crippen molar-refractivity contribution < 1.29 is 4.79 Å². The number of aryl methyl sites for hydroxylation is 1. The number of nitrogens with zero attached hydrogens (tertiary/aromatic N) is 7. The van der Waals surface area contributed by atoms with Crippen LogP contribution < -0.4 is 15.5 Å². The molecule has 0 radical (unpaired) electrons. The number of hydrogen-bond donors (Lipinski definition) is 2. The predicted molar refractivity (Wildman–Crippen MR) is 181 cm³/mol. The van der Waals surface area contributed by atoms with Crippen molar-refractivity contribution in [2.75, 3.05) is 16.8 Å². The summed E-state index contributed by atoms with van der Waals surface area (Å²) in [4.78, 5) is 25.9. The van der Waals surface area contributed by atoms with E-state index in [-0.39, 0.29) is 12.1 Å². The Labute approximate surface area is 273 Å². The highest BCUT2D eigenvalue weighted by Crippen LogP contribution is 2.30. The first-order valence-electron chi connectivity index (χ1n) is 15.2. The maximum absolute atomic E-state index is 13.8. The van der Waals surface area contributed by atoms with E-state index in [1.165, 1.54) is 17.5 Å². The van der Waals surface area contributed by atoms with Crippen molar-refractivity contribution >= 4 is 29.0 Å². The monoisotopic (exact) mass is 629 g/mol. The highest BCUT2D eigenvalue weighted by Gasteiger charge is 2.25. The number of anilines is 2. The number of hydrogen-bond acceptors (Lipinski definition) is 8. The van der Waals surface area contributed by atoms with E-state index in [1.54, 1.807) is 16.8 Å². The summed E-state index contributed by atoms with van der Waals surface area (Å²) in [5.41, 5.74) is 4.77. The second kappa shape index (κ2) is 15.5. The molecule has 3 aromatic heterocycles. The van der Waals surface area contributed by atoms with E-state index in [9.17, 15) is 15.3 Å². The number of nitrogens with one attached hydrogen (secondary N) is 2. The Morgan fingerprint density at radius 1 is 1.00 bits per heavy atom. The molecule has 5 aromatic rings. The summed E-state index contributed by atoms with van der Waals surface area (Å²) in [6, 6.07) is 25.6. The minimum Gasteiger partial charge on any atom is -0.354 e. The van der Waals surface area contributed by atoms with Gasteiger partial charge in [0, 0.05) is 43.6 Å². The van der Waals surface area contributed by atoms with Gasteiger partial charge in [-0.1, -0.05) is 55.8 Å². The van der Waals surface area contributed by atoms with E-state index in [0.717, 1.165) is 52.9 Å². The standard InChI is InChI=1S/C35H35N9OS/c1-3-8-29(11-7-18-38-34-39-22-27(19-36)33(42-34)32-17-16-31(20-37)46-32)44(35(45)40-21-25-9-5-4-6-10-25)30-14-12-26(13-15-30)28-23-41-43(2)24-28/h4-6,9-10,12-17,22-24,29H,3,7-8,11,18,21H2,1-2H3,(H,40,45)(H,38,39,42)/t29-/m0/s1. The zero-order chi connectivity index (χ0) is 32.3. The van der Waals surface area contributed by atoms with Crippen LogP contribution in [-0.4, -0.2) is 38.4 Å². The van der Waals surface area contributed by atoms with Gasteiger partial charge in [-0.3, -0.25) is 9.58 Å². The fourth-order valence-electron chi connectivity index (χ4n) is 5.27. The molecule has 0 aliphatic rings. The summed E-state index contributed by atoms with van der Waals surface area (Å²) in [5, 5.41) is 29.5. The molecule has 1 atom stereocenters. The van der Waals surface area contributed by atoms with Crippen LogP contribution in [0.5, 0.6) is 0 Å². The van der Waals surface area contributed by atoms with Gasteiger partial charge in [0.1, 0.15) is 22.7 Å². The van der Waals surface area contributed by atoms with E-state index in [0.29, 0.717) is 35.2 Å². The maximum atomic E-state index is 13.8. The van der Waals surface area contributed by atoms with Gasteiger partial charge in [0.25, 0.3) is 0 Å². The van der Waals surface area contributed by atoms with Crippen LogP contribution in [0.2, 0.25) is 0 Å². The van der Waals surface area contributed by atoms with E-state index in [4.69, 9.17) is 0 Å². The second-order valence-corrected chi connectivity index (χ2v) is 11.9. The normalized spacial score (nSPS) is 11.3. The summed E-state index contributed by atoms with van der Waals surface area (Å²) >= 11 is 1.29. The van der Waals surface area contributed by atoms with Gasteiger partial charge < -0.3 is 10.6 Å². The number of amides is 2. The summed E-state index contributed by atoms with van der Waals surface area (Å²) in [7, 11) is 1.89. The summed E-state index contributed by atoms with van der Waals surface area (Å²) in [6.45, 7) is 3.15. The lowest BCUT2D eigenvalue weighted by Gasteiger charge is -2.32. The maximum Gasteiger partial charge on any atom is 0.322 e. The smallest absolute Gasteiger partial charge is 0.322 e. The average molecular weight is 630 g/mol. The number of carbonyl (C=O) groups excluding carboxylic acids is 1. The Hall–Kier alpha value is -5.52. The number of urea groups is 1. The van der Waals surface area contributed by atoms with Gasteiger partial charge in [-0.05, 0) is 54.7 Å². The number of carbonyl (C=O) groups is 1. The molecule has 0 bridgehead atoms. The van der Waals surface area contributed by atoms with Crippen LogP contribution in [-0.2, 0) is 13.6 Å². The molecule has 0 spiro atoms. The van der Waals surface area contributed by atoms with Crippen LogP contribution in [0.15, 0.2) is 85.3 Å². The summed E-state index contributed by atoms with van der Waals surface area (Å²) < 4.78 is 1.77. The molecule has 0 saturated carbocycles. The third kappa shape index (κ3) is 7.95. The van der Waals surface area contributed by atoms with Crippen molar-refractivity contribution in [3.63, 3.8) is 0 Å². The lowest BCUT2D eigenvalue weighted by Crippen LogP contribution is -2.46. The van der Waals surface area contributed by atoms with Gasteiger partial charge in [-0.15, -0.1) is 11.3 Å². The lowest BCUT2D eigenvalue weighted by molar-refractivity contribution is 0.242. The van der Waals surface area contributed by atoms with Crippen molar-refractivity contribution in [1.82, 2.24) is 25.1 Å². The molecule has 232 valence electrons. The summed E-state index contributed by atoms with van der Waals surface area (Å²) in [6.07, 6.45) is 8.57. The van der Waals surface area contributed by atoms with Crippen LogP contribution in [0.4, 0.5) is 16.4 Å². The first-order chi connectivity index (χ1) is 22.5. The molecule has 11 heteroatoms. The number of aromatic nitrogens is 4. The SMILES string of the molecule is CCC[C@@H](CCCNc1ncc(C#N)c(-c2ccc(C#N)s2)n1)N(C(=O)NCc1ccccc1)c1ccc(-c2cnn(C)c2)cc1. The van der Waals surface area contributed by atoms with Crippen LogP contribution in [0.3, 0.4) is 0 Å². The molecule has 0 unspecified atom stereocenters. The first kappa shape index (κ1) is 31.9. The van der Waals surface area contributed by atoms with Gasteiger partial charge in [-0.2, -0.15) is 15.6 Å². The average Bonchev–Trinajstić information content (AvgIpc) is 3.76. The Bertz CT molecular complexity index is 1830. The zero-order valence-corrected chi connectivity index (χ0v) is 26.7. The van der Waals surface area contributed by atoms with Gasteiger partial charge in [0.2, 0.25) is 5.95 Å². The number of benzene rings is 2. The van der Waals surface area contributed by atoms with Gasteiger partial charge in [-0.25, -0.2) is 14.8 Å². The molecule has 2 amide bonds. The molecule has 0 saturated heterocycles. The van der Waals surface area contributed by atoms with Crippen LogP contribution in [0, 0.1) is 22.7 Å². The van der Waals surface area contributed by atoms with Crippen molar-refractivity contribution in [3.05, 3.63) is 101 Å². The topological polar surface area (TPSA) is 136 Å². The fourth-order valence-corrected chi connectivity index (χ4v) is 6.08. The molecule has 2 N–H and O–H groups in total. The molecule has 3 heterocycles. The molecule has 0 fully saturated rings. The number of rotatable bonds is 13. The van der Waals surface area contributed by atoms with E-state index in [1.807, 2.05) is 78.9 Å². The quantitative estimate of drug-likeness (QED) is 0.132. The molecule has 46 heavy (non-hydrogen) atoms. The van der Waals surface area contributed by atoms with Crippen molar-refractivity contribution in [3.8, 4) is 33.8 Å². The molecule has 0 aliphatic carbocycles. The first-order valence-corrected chi connectivity index (χ1v) is 16.0. The molecule has 10 nitrogen and oxygen atoms in total. The van der Waals surface area contributed by atoms with Crippen LogP contribution in [0.25, 0.3) is 21.7 Å². The minimum atomic E-state index is -0.142. The minimum absolute atomic E-state index is 0.0419. The number of nitriles is 2. The van der Waals surface area contributed by atoms with Crippen molar-refractivity contribution in [2.24, 2.45) is 7.05 Å². The highest BCUT2D eigenvalue weighted by atomic mass is 32.1. The van der Waals surface area contributed by atoms with E-state index in [2.05, 4.69) is 44.8 Å². The van der Waals surface area contributed by atoms with E-state index < -0.39 is 0 Å². The lowest BCUT2D eigenvalue weighted by atomic mass is 10.0.